The SMILES string of the molecule is CC1C=C2C(C3CC[C@@H](C)C[C@H]3N2C2=CCCC(C3=CC=CCC3)=C2)C2C1C1=C(CCCC1)N2C1=CCC(C(N)NC2=CCCC=C2)C=C1. The Bertz CT molecular complexity index is 1660. The molecule has 0 spiro atoms. The van der Waals surface area contributed by atoms with Crippen LogP contribution in [0.3, 0.4) is 0 Å². The molecule has 2 aliphatic heterocycles. The van der Waals surface area contributed by atoms with Crippen LogP contribution < -0.4 is 11.1 Å². The minimum Gasteiger partial charge on any atom is -0.370 e. The number of allylic oxidation sites excluding steroid dienone is 14. The van der Waals surface area contributed by atoms with Crippen LogP contribution >= 0.6 is 0 Å². The predicted octanol–water partition coefficient (Wildman–Crippen LogP) is 9.83. The van der Waals surface area contributed by atoms with E-state index in [1.165, 1.54) is 81.3 Å². The van der Waals surface area contributed by atoms with E-state index in [4.69, 9.17) is 5.73 Å². The molecule has 1 saturated carbocycles. The van der Waals surface area contributed by atoms with Gasteiger partial charge in [0.25, 0.3) is 0 Å². The molecule has 0 amide bonds. The van der Waals surface area contributed by atoms with Crippen LogP contribution in [0.2, 0.25) is 0 Å². The summed E-state index contributed by atoms with van der Waals surface area (Å²) in [6.45, 7) is 5.07. The number of hydrogen-bond donors (Lipinski definition) is 2. The lowest BCUT2D eigenvalue weighted by atomic mass is 9.65. The van der Waals surface area contributed by atoms with Crippen LogP contribution in [0.5, 0.6) is 0 Å². The topological polar surface area (TPSA) is 44.5 Å². The summed E-state index contributed by atoms with van der Waals surface area (Å²) in [6, 6.07) is 1.14. The van der Waals surface area contributed by atoms with Gasteiger partial charge < -0.3 is 20.9 Å². The van der Waals surface area contributed by atoms with E-state index < -0.39 is 0 Å². The molecule has 9 aliphatic rings. The van der Waals surface area contributed by atoms with Gasteiger partial charge in [0.2, 0.25) is 0 Å². The number of likely N-dealkylation sites (tertiary alicyclic amines) is 1. The molecule has 7 unspecified atom stereocenters. The Kier molecular flexibility index (Phi) is 8.51. The normalized spacial score (nSPS) is 37.2. The third-order valence-electron chi connectivity index (χ3n) is 13.7. The molecule has 4 nitrogen and oxygen atoms in total. The van der Waals surface area contributed by atoms with Crippen molar-refractivity contribution >= 4 is 0 Å². The Morgan fingerprint density at radius 1 is 0.837 bits per heavy atom. The highest BCUT2D eigenvalue weighted by Gasteiger charge is 2.59. The molecule has 0 aromatic carbocycles. The van der Waals surface area contributed by atoms with Crippen molar-refractivity contribution < 1.29 is 0 Å². The van der Waals surface area contributed by atoms with Gasteiger partial charge in [0.1, 0.15) is 0 Å². The Morgan fingerprint density at radius 3 is 2.55 bits per heavy atom. The number of rotatable bonds is 6. The van der Waals surface area contributed by atoms with Gasteiger partial charge in [0.05, 0.1) is 6.17 Å². The molecule has 2 heterocycles. The van der Waals surface area contributed by atoms with Gasteiger partial charge in [-0.25, -0.2) is 0 Å². The predicted molar refractivity (Wildman–Crippen MR) is 202 cm³/mol. The molecule has 3 N–H and O–H groups in total. The van der Waals surface area contributed by atoms with Crippen LogP contribution in [0.4, 0.5) is 0 Å². The smallest absolute Gasteiger partial charge is 0.0809 e. The average Bonchev–Trinajstić information content (AvgIpc) is 3.65. The first-order chi connectivity index (χ1) is 24.0. The van der Waals surface area contributed by atoms with Crippen molar-refractivity contribution in [3.8, 4) is 0 Å². The fourth-order valence-corrected chi connectivity index (χ4v) is 11.5. The molecule has 9 atom stereocenters. The summed E-state index contributed by atoms with van der Waals surface area (Å²) in [5.41, 5.74) is 19.2. The summed E-state index contributed by atoms with van der Waals surface area (Å²) in [5, 5.41) is 3.61. The highest BCUT2D eigenvalue weighted by Crippen LogP contribution is 2.61. The van der Waals surface area contributed by atoms with Crippen molar-refractivity contribution in [2.75, 3.05) is 0 Å². The van der Waals surface area contributed by atoms with E-state index in [0.29, 0.717) is 35.8 Å². The van der Waals surface area contributed by atoms with Crippen LogP contribution in [0, 0.1) is 35.5 Å². The van der Waals surface area contributed by atoms with Gasteiger partial charge in [0.15, 0.2) is 0 Å². The van der Waals surface area contributed by atoms with Gasteiger partial charge >= 0.3 is 0 Å². The number of nitrogens with two attached hydrogens (primary N) is 1. The second-order valence-electron chi connectivity index (χ2n) is 16.8. The molecule has 0 aromatic rings. The molecule has 0 radical (unpaired) electrons. The van der Waals surface area contributed by atoms with E-state index in [9.17, 15) is 0 Å². The molecular formula is C45H58N4. The standard InChI is InChI=1S/C45H58N4/c1-29-20-25-38-40(26-29)48(36-17-11-14-33(28-36)31-12-5-3-6-13-31)41-27-30(2)42-37-18-9-10-19-39(37)49(44(42)43(38)41)35-23-21-32(22-24-35)45(46)47-34-15-7-4-8-16-34/h3,5,7,12,15-17,21,23-24,27-30,32,38,40,42-45,47H,4,6,8-11,13-14,18-20,22,25-26,46H2,1-2H3/t29-,30?,32?,38?,40-,42?,43?,44?,45?/m1/s1. The summed E-state index contributed by atoms with van der Waals surface area (Å²) in [5.74, 6) is 3.59. The first kappa shape index (κ1) is 31.7. The molecule has 1 saturated heterocycles. The van der Waals surface area contributed by atoms with Crippen molar-refractivity contribution in [2.45, 2.75) is 122 Å². The van der Waals surface area contributed by atoms with E-state index in [1.807, 2.05) is 0 Å². The third kappa shape index (κ3) is 5.61. The van der Waals surface area contributed by atoms with Gasteiger partial charge in [-0.1, -0.05) is 75.0 Å². The largest absolute Gasteiger partial charge is 0.370 e. The van der Waals surface area contributed by atoms with Crippen molar-refractivity contribution in [3.63, 3.8) is 0 Å². The summed E-state index contributed by atoms with van der Waals surface area (Å²) < 4.78 is 0. The minimum atomic E-state index is -0.0708. The van der Waals surface area contributed by atoms with Crippen LogP contribution in [-0.4, -0.2) is 28.0 Å². The Labute approximate surface area is 295 Å². The number of hydrogen-bond acceptors (Lipinski definition) is 4. The van der Waals surface area contributed by atoms with Gasteiger partial charge in [0, 0.05) is 58.3 Å². The molecule has 2 fully saturated rings. The lowest BCUT2D eigenvalue weighted by Gasteiger charge is -2.45. The van der Waals surface area contributed by atoms with Crippen LogP contribution in [0.25, 0.3) is 0 Å². The second-order valence-corrected chi connectivity index (χ2v) is 16.8. The summed E-state index contributed by atoms with van der Waals surface area (Å²) in [4.78, 5) is 5.85. The molecule has 49 heavy (non-hydrogen) atoms. The zero-order chi connectivity index (χ0) is 33.1. The maximum Gasteiger partial charge on any atom is 0.0809 e. The van der Waals surface area contributed by atoms with E-state index in [-0.39, 0.29) is 6.17 Å². The lowest BCUT2D eigenvalue weighted by molar-refractivity contribution is 0.123. The molecule has 0 aromatic heterocycles. The first-order valence-corrected chi connectivity index (χ1v) is 20.1. The maximum absolute atomic E-state index is 6.79. The summed E-state index contributed by atoms with van der Waals surface area (Å²) >= 11 is 0. The van der Waals surface area contributed by atoms with E-state index in [0.717, 1.165) is 37.5 Å². The van der Waals surface area contributed by atoms with Crippen LogP contribution in [0.1, 0.15) is 104 Å². The van der Waals surface area contributed by atoms with E-state index in [1.54, 1.807) is 28.1 Å². The fraction of sp³-hybridized carbons (Fsp3) is 0.556. The number of fused-ring (bicyclic) bond motifs is 6. The van der Waals surface area contributed by atoms with Crippen LogP contribution in [-0.2, 0) is 0 Å². The average molecular weight is 655 g/mol. The first-order valence-electron chi connectivity index (χ1n) is 20.1. The maximum atomic E-state index is 6.79. The van der Waals surface area contributed by atoms with E-state index >= 15 is 0 Å². The third-order valence-corrected chi connectivity index (χ3v) is 13.7. The van der Waals surface area contributed by atoms with Crippen LogP contribution in [0.15, 0.2) is 118 Å². The van der Waals surface area contributed by atoms with Gasteiger partial charge in [-0.05, 0) is 136 Å². The molecule has 7 aliphatic carbocycles. The van der Waals surface area contributed by atoms with E-state index in [2.05, 4.69) is 102 Å². The molecule has 9 rings (SSSR count). The van der Waals surface area contributed by atoms with Gasteiger partial charge in [-0.2, -0.15) is 0 Å². The molecule has 4 heteroatoms. The monoisotopic (exact) mass is 654 g/mol. The lowest BCUT2D eigenvalue weighted by Crippen LogP contribution is -2.47. The number of nitrogens with zero attached hydrogens (tertiary/aromatic N) is 2. The number of nitrogens with one attached hydrogen (secondary N) is 1. The van der Waals surface area contributed by atoms with Gasteiger partial charge in [-0.15, -0.1) is 0 Å². The Hall–Kier alpha value is -3.24. The fourth-order valence-electron chi connectivity index (χ4n) is 11.5. The van der Waals surface area contributed by atoms with Crippen molar-refractivity contribution in [1.29, 1.82) is 0 Å². The summed E-state index contributed by atoms with van der Waals surface area (Å²) in [7, 11) is 0. The Morgan fingerprint density at radius 2 is 1.73 bits per heavy atom. The van der Waals surface area contributed by atoms with Gasteiger partial charge in [-0.3, -0.25) is 0 Å². The summed E-state index contributed by atoms with van der Waals surface area (Å²) in [6.07, 6.45) is 46.3. The Balaban J connectivity index is 1.06. The quantitative estimate of drug-likeness (QED) is 0.280. The highest BCUT2D eigenvalue weighted by atomic mass is 15.3. The zero-order valence-electron chi connectivity index (χ0n) is 30.0. The zero-order valence-corrected chi connectivity index (χ0v) is 30.0. The van der Waals surface area contributed by atoms with Crippen molar-refractivity contribution in [2.24, 2.45) is 41.2 Å². The van der Waals surface area contributed by atoms with Crippen molar-refractivity contribution in [3.05, 3.63) is 118 Å². The second kappa shape index (κ2) is 13.1. The molecular weight excluding hydrogens is 597 g/mol. The molecule has 258 valence electrons. The highest BCUT2D eigenvalue weighted by molar-refractivity contribution is 5.47. The van der Waals surface area contributed by atoms with Crippen molar-refractivity contribution in [1.82, 2.24) is 15.1 Å². The molecule has 0 bridgehead atoms. The minimum absolute atomic E-state index is 0.0708.